The summed E-state index contributed by atoms with van der Waals surface area (Å²) in [7, 11) is 0. The van der Waals surface area contributed by atoms with Crippen LogP contribution in [0, 0.1) is 39.8 Å². The van der Waals surface area contributed by atoms with Crippen LogP contribution in [0.5, 0.6) is 0 Å². The number of pyridine rings is 1. The third-order valence-corrected chi connectivity index (χ3v) is 10.4. The largest absolute Gasteiger partial charge is 2.00 e. The van der Waals surface area contributed by atoms with E-state index >= 15 is 0 Å². The summed E-state index contributed by atoms with van der Waals surface area (Å²) in [5.41, 5.74) is 9.85. The first-order valence-electron chi connectivity index (χ1n) is 18.9. The van der Waals surface area contributed by atoms with Crippen molar-refractivity contribution in [3.8, 4) is 17.2 Å². The van der Waals surface area contributed by atoms with Crippen LogP contribution in [-0.4, -0.2) is 37.1 Å². The van der Waals surface area contributed by atoms with E-state index in [-0.39, 0.29) is 31.9 Å². The van der Waals surface area contributed by atoms with Gasteiger partial charge in [-0.2, -0.15) is 0 Å². The summed E-state index contributed by atoms with van der Waals surface area (Å²) in [6.07, 6.45) is 0.679. The van der Waals surface area contributed by atoms with Crippen LogP contribution < -0.4 is 0 Å². The van der Waals surface area contributed by atoms with E-state index in [2.05, 4.69) is 109 Å². The second-order valence-corrected chi connectivity index (χ2v) is 16.9. The van der Waals surface area contributed by atoms with Crippen molar-refractivity contribution < 1.29 is 28.5 Å². The molecule has 4 heterocycles. The molecule has 2 atom stereocenters. The fourth-order valence-corrected chi connectivity index (χ4v) is 7.48. The molecule has 0 unspecified atom stereocenters. The smallest absolute Gasteiger partial charge is 0.527 e. The fourth-order valence-electron chi connectivity index (χ4n) is 7.48. The van der Waals surface area contributed by atoms with E-state index in [1.807, 2.05) is 38.2 Å². The number of benzene rings is 3. The summed E-state index contributed by atoms with van der Waals surface area (Å²) in [6, 6.07) is 23.4. The summed E-state index contributed by atoms with van der Waals surface area (Å²) in [4.78, 5) is 20.1. The van der Waals surface area contributed by atoms with Crippen LogP contribution in [-0.2, 0) is 49.4 Å². The zero-order valence-corrected chi connectivity index (χ0v) is 34.2. The summed E-state index contributed by atoms with van der Waals surface area (Å²) in [5, 5.41) is 2.15. The van der Waals surface area contributed by atoms with E-state index in [1.165, 1.54) is 0 Å². The van der Waals surface area contributed by atoms with Gasteiger partial charge < -0.3 is 14.3 Å². The number of ether oxygens (including phenoxy) is 1. The Morgan fingerprint density at radius 2 is 1.60 bits per heavy atom. The Kier molecular flexibility index (Phi) is 8.08. The Morgan fingerprint density at radius 3 is 2.33 bits per heavy atom. The molecule has 0 N–H and O–H groups in total. The van der Waals surface area contributed by atoms with Crippen molar-refractivity contribution in [2.45, 2.75) is 111 Å². The zero-order valence-electron chi connectivity index (χ0n) is 33.9. The summed E-state index contributed by atoms with van der Waals surface area (Å²) in [6.45, 7) is 23.2. The fraction of sp³-hybridized carbons (Fsp3) is 0.378. The van der Waals surface area contributed by atoms with Crippen molar-refractivity contribution in [1.82, 2.24) is 19.5 Å². The van der Waals surface area contributed by atoms with Crippen LogP contribution >= 0.6 is 0 Å². The maximum absolute atomic E-state index is 9.40. The van der Waals surface area contributed by atoms with Gasteiger partial charge in [-0.15, -0.1) is 41.0 Å². The topological polar surface area (TPSA) is 65.2 Å². The average molecular weight is 871 g/mol. The van der Waals surface area contributed by atoms with E-state index < -0.39 is 18.0 Å². The van der Waals surface area contributed by atoms with Crippen molar-refractivity contribution in [2.75, 3.05) is 0 Å². The number of nitrogens with zero attached hydrogens (tertiary/aromatic N) is 5. The molecule has 6 nitrogen and oxygen atoms in total. The first-order valence-corrected chi connectivity index (χ1v) is 17.9. The van der Waals surface area contributed by atoms with Crippen LogP contribution in [0.15, 0.2) is 59.7 Å². The van der Waals surface area contributed by atoms with Gasteiger partial charge in [0.05, 0.1) is 17.7 Å². The Bertz CT molecular complexity index is 2540. The molecule has 52 heavy (non-hydrogen) atoms. The Hall–Kier alpha value is -4.15. The van der Waals surface area contributed by atoms with Crippen molar-refractivity contribution in [1.29, 1.82) is 0 Å². The van der Waals surface area contributed by atoms with Crippen LogP contribution in [0.1, 0.15) is 102 Å². The molecule has 7 heteroatoms. The Balaban J connectivity index is 0.00000450. The van der Waals surface area contributed by atoms with Gasteiger partial charge in [0.25, 0.3) is 0 Å². The van der Waals surface area contributed by atoms with Gasteiger partial charge in [-0.25, -0.2) is 0 Å². The molecule has 0 fully saturated rings. The molecule has 2 aliphatic rings. The van der Waals surface area contributed by atoms with E-state index in [0.717, 1.165) is 66.6 Å². The van der Waals surface area contributed by atoms with Crippen LogP contribution in [0.25, 0.3) is 39.0 Å². The van der Waals surface area contributed by atoms with E-state index in [1.54, 1.807) is 0 Å². The minimum atomic E-state index is -1.72. The van der Waals surface area contributed by atoms with E-state index in [0.29, 0.717) is 35.1 Å². The van der Waals surface area contributed by atoms with Crippen LogP contribution in [0.2, 0.25) is 0 Å². The third-order valence-electron chi connectivity index (χ3n) is 10.4. The van der Waals surface area contributed by atoms with Gasteiger partial charge in [0.15, 0.2) is 0 Å². The van der Waals surface area contributed by atoms with Crippen molar-refractivity contribution >= 4 is 27.7 Å². The van der Waals surface area contributed by atoms with Gasteiger partial charge >= 0.3 is 21.1 Å². The predicted octanol–water partition coefficient (Wildman–Crippen LogP) is 9.77. The molecule has 1 aliphatic carbocycles. The molecule has 3 aromatic heterocycles. The van der Waals surface area contributed by atoms with Gasteiger partial charge in [-0.1, -0.05) is 89.2 Å². The molecule has 0 bridgehead atoms. The molecular formula is C45H47N5OPt. The zero-order chi connectivity index (χ0) is 38.0. The number of rotatable bonds is 3. The Labute approximate surface area is 325 Å². The maximum atomic E-state index is 9.40. The molecule has 6 aromatic rings. The first kappa shape index (κ1) is 33.7. The Morgan fingerprint density at radius 1 is 0.846 bits per heavy atom. The number of hydrogen-bond acceptors (Lipinski definition) is 5. The van der Waals surface area contributed by atoms with Gasteiger partial charge in [0.2, 0.25) is 0 Å². The summed E-state index contributed by atoms with van der Waals surface area (Å²) >= 11 is 0. The summed E-state index contributed by atoms with van der Waals surface area (Å²) in [5.74, 6) is 1.62. The van der Waals surface area contributed by atoms with E-state index in [4.69, 9.17) is 24.7 Å². The molecule has 268 valence electrons. The van der Waals surface area contributed by atoms with Gasteiger partial charge in [-0.3, -0.25) is 15.0 Å². The number of fused-ring (bicyclic) bond motifs is 5. The molecule has 1 aliphatic heterocycles. The number of hydrogen-bond donors (Lipinski definition) is 0. The quantitative estimate of drug-likeness (QED) is 0.166. The number of aliphatic imine (C=N–C) groups is 1. The first-order chi connectivity index (χ1) is 24.7. The summed E-state index contributed by atoms with van der Waals surface area (Å²) < 4.78 is 27.7. The minimum absolute atomic E-state index is 0. The standard InChI is InChI=1S/C45H47N5O.Pt/c1-25-12-13-35-32(18-25)33-19-28(4)31(41-46-15-14-37(48-41)43(5,6)7)23-36(33)50(35)40-22-30(21-38(47-40)44(8,9)10)42-49-39-20-29-17-26(2)16-27(3)34(29)24-45(39,11)51-42;/h12-19,21,39H,20,24H2,1-11H3;/q-2;+2/t39-,45-;/m0./s1/i20D2;. The minimum Gasteiger partial charge on any atom is -0.527 e. The van der Waals surface area contributed by atoms with Crippen LogP contribution in [0.3, 0.4) is 0 Å². The van der Waals surface area contributed by atoms with Crippen molar-refractivity contribution in [3.05, 3.63) is 117 Å². The molecule has 3 aromatic carbocycles. The normalized spacial score (nSPS) is 20.1. The number of aryl methyl sites for hydroxylation is 4. The predicted molar refractivity (Wildman–Crippen MR) is 207 cm³/mol. The molecule has 0 saturated heterocycles. The second-order valence-electron chi connectivity index (χ2n) is 16.9. The van der Waals surface area contributed by atoms with Gasteiger partial charge in [-0.05, 0) is 84.9 Å². The average Bonchev–Trinajstić information content (AvgIpc) is 3.59. The van der Waals surface area contributed by atoms with Crippen molar-refractivity contribution in [2.24, 2.45) is 4.99 Å². The van der Waals surface area contributed by atoms with Crippen molar-refractivity contribution in [3.63, 3.8) is 0 Å². The molecule has 0 spiro atoms. The molecule has 0 radical (unpaired) electrons. The SMILES string of the molecule is [2H]C1([2H])c2cc(C)cc(C)c2C[C@]2(C)OC(c3[c-]c(-n4c5[c-]c(-c6nccc(C(C)(C)C)n6)c(C)cc5c5cc(C)ccc54)nc(C(C)(C)C)c3)=N[C@@H]12.[Pt+2]. The molecule has 8 rings (SSSR count). The van der Waals surface area contributed by atoms with Gasteiger partial charge in [0, 0.05) is 32.0 Å². The second kappa shape index (κ2) is 12.5. The van der Waals surface area contributed by atoms with E-state index in [9.17, 15) is 2.74 Å². The monoisotopic (exact) mass is 870 g/mol. The number of aromatic nitrogens is 4. The molecular weight excluding hydrogens is 822 g/mol. The third kappa shape index (κ3) is 6.11. The van der Waals surface area contributed by atoms with Crippen LogP contribution in [0.4, 0.5) is 0 Å². The molecule has 0 amide bonds. The van der Waals surface area contributed by atoms with Gasteiger partial charge in [0.1, 0.15) is 11.5 Å². The maximum Gasteiger partial charge on any atom is 2.00 e. The molecule has 0 saturated carbocycles.